The predicted octanol–water partition coefficient (Wildman–Crippen LogP) is 3.02. The summed E-state index contributed by atoms with van der Waals surface area (Å²) in [6.45, 7) is 2.49. The first kappa shape index (κ1) is 14.8. The fourth-order valence-electron chi connectivity index (χ4n) is 2.16. The van der Waals surface area contributed by atoms with Crippen molar-refractivity contribution in [2.24, 2.45) is 0 Å². The second kappa shape index (κ2) is 6.79. The van der Waals surface area contributed by atoms with Crippen molar-refractivity contribution in [2.45, 2.75) is 13.5 Å². The highest BCUT2D eigenvalue weighted by Crippen LogP contribution is 2.11. The van der Waals surface area contributed by atoms with Crippen LogP contribution in [0.4, 0.5) is 5.95 Å². The summed E-state index contributed by atoms with van der Waals surface area (Å²) in [5, 5.41) is 3.08. The summed E-state index contributed by atoms with van der Waals surface area (Å²) in [5.41, 5.74) is 3.06. The summed E-state index contributed by atoms with van der Waals surface area (Å²) in [7, 11) is 0. The zero-order valence-corrected chi connectivity index (χ0v) is 12.7. The minimum Gasteiger partial charge on any atom is -0.349 e. The Hall–Kier alpha value is -3.08. The van der Waals surface area contributed by atoms with Gasteiger partial charge < -0.3 is 5.32 Å². The highest BCUT2D eigenvalue weighted by Gasteiger charge is 2.10. The Morgan fingerprint density at radius 2 is 1.83 bits per heavy atom. The molecule has 0 amide bonds. The summed E-state index contributed by atoms with van der Waals surface area (Å²) >= 11 is 0. The molecule has 0 aliphatic heterocycles. The maximum Gasteiger partial charge on any atom is 0.222 e. The van der Waals surface area contributed by atoms with Gasteiger partial charge in [-0.15, -0.1) is 0 Å². The zero-order chi connectivity index (χ0) is 16.1. The van der Waals surface area contributed by atoms with Gasteiger partial charge in [-0.25, -0.2) is 9.97 Å². The Labute approximate surface area is 134 Å². The molecule has 0 aliphatic carbocycles. The third kappa shape index (κ3) is 3.77. The number of aromatic nitrogens is 3. The highest BCUT2D eigenvalue weighted by molar-refractivity contribution is 6.08. The lowest BCUT2D eigenvalue weighted by Crippen LogP contribution is -2.07. The molecule has 0 atom stereocenters. The summed E-state index contributed by atoms with van der Waals surface area (Å²) in [4.78, 5) is 25.0. The van der Waals surface area contributed by atoms with Crippen molar-refractivity contribution in [1.82, 2.24) is 15.0 Å². The molecule has 0 bridgehead atoms. The van der Waals surface area contributed by atoms with E-state index >= 15 is 0 Å². The van der Waals surface area contributed by atoms with Crippen molar-refractivity contribution >= 4 is 11.7 Å². The molecule has 2 heterocycles. The van der Waals surface area contributed by atoms with Gasteiger partial charge in [0.05, 0.1) is 17.8 Å². The number of rotatable bonds is 5. The van der Waals surface area contributed by atoms with Crippen molar-refractivity contribution in [3.8, 4) is 0 Å². The van der Waals surface area contributed by atoms with Gasteiger partial charge in [0.15, 0.2) is 5.78 Å². The average Bonchev–Trinajstić information content (AvgIpc) is 2.61. The Bertz CT molecular complexity index is 801. The van der Waals surface area contributed by atoms with Gasteiger partial charge in [-0.1, -0.05) is 29.8 Å². The number of hydrogen-bond donors (Lipinski definition) is 1. The second-order valence-electron chi connectivity index (χ2n) is 5.17. The summed E-state index contributed by atoms with van der Waals surface area (Å²) in [5.74, 6) is 0.390. The van der Waals surface area contributed by atoms with Crippen LogP contribution < -0.4 is 5.32 Å². The maximum atomic E-state index is 12.4. The van der Waals surface area contributed by atoms with Gasteiger partial charge in [-0.2, -0.15) is 0 Å². The van der Waals surface area contributed by atoms with Crippen molar-refractivity contribution in [1.29, 1.82) is 0 Å². The fourth-order valence-corrected chi connectivity index (χ4v) is 2.16. The van der Waals surface area contributed by atoms with Crippen LogP contribution in [0.15, 0.2) is 61.1 Å². The molecule has 0 unspecified atom stereocenters. The minimum atomic E-state index is -0.0787. The van der Waals surface area contributed by atoms with E-state index in [-0.39, 0.29) is 5.78 Å². The molecule has 0 saturated heterocycles. The molecule has 0 spiro atoms. The Morgan fingerprint density at radius 1 is 1.00 bits per heavy atom. The SMILES string of the molecule is Cc1cccc(C(=O)c2cnc(NCc3ccccn3)nc2)c1. The van der Waals surface area contributed by atoms with Gasteiger partial charge in [0, 0.05) is 24.2 Å². The topological polar surface area (TPSA) is 67.8 Å². The van der Waals surface area contributed by atoms with Gasteiger partial charge in [-0.05, 0) is 25.1 Å². The van der Waals surface area contributed by atoms with Crippen LogP contribution in [-0.4, -0.2) is 20.7 Å². The predicted molar refractivity (Wildman–Crippen MR) is 88.2 cm³/mol. The average molecular weight is 304 g/mol. The number of benzene rings is 1. The van der Waals surface area contributed by atoms with Gasteiger partial charge in [0.25, 0.3) is 0 Å². The third-order valence-corrected chi connectivity index (χ3v) is 3.35. The first-order valence-corrected chi connectivity index (χ1v) is 7.29. The molecule has 114 valence electrons. The molecule has 3 rings (SSSR count). The number of carbonyl (C=O) groups is 1. The number of nitrogens with one attached hydrogen (secondary N) is 1. The van der Waals surface area contributed by atoms with Crippen LogP contribution in [-0.2, 0) is 6.54 Å². The molecular formula is C18H16N4O. The van der Waals surface area contributed by atoms with E-state index < -0.39 is 0 Å². The molecular weight excluding hydrogens is 288 g/mol. The summed E-state index contributed by atoms with van der Waals surface area (Å²) in [6, 6.07) is 13.2. The standard InChI is InChI=1S/C18H16N4O/c1-13-5-4-6-14(9-13)17(23)15-10-20-18(21-11-15)22-12-16-7-2-3-8-19-16/h2-11H,12H2,1H3,(H,20,21,22). The number of nitrogens with zero attached hydrogens (tertiary/aromatic N) is 3. The summed E-state index contributed by atoms with van der Waals surface area (Å²) in [6.07, 6.45) is 4.82. The Balaban J connectivity index is 1.68. The van der Waals surface area contributed by atoms with Crippen molar-refractivity contribution in [3.63, 3.8) is 0 Å². The molecule has 0 radical (unpaired) electrons. The van der Waals surface area contributed by atoms with E-state index in [9.17, 15) is 4.79 Å². The molecule has 0 fully saturated rings. The lowest BCUT2D eigenvalue weighted by atomic mass is 10.0. The van der Waals surface area contributed by atoms with E-state index in [1.165, 1.54) is 0 Å². The molecule has 0 saturated carbocycles. The Morgan fingerprint density at radius 3 is 2.52 bits per heavy atom. The number of anilines is 1. The number of hydrogen-bond acceptors (Lipinski definition) is 5. The van der Waals surface area contributed by atoms with E-state index in [1.54, 1.807) is 24.7 Å². The monoisotopic (exact) mass is 304 g/mol. The van der Waals surface area contributed by atoms with Gasteiger partial charge in [0.1, 0.15) is 0 Å². The van der Waals surface area contributed by atoms with Crippen molar-refractivity contribution < 1.29 is 4.79 Å². The van der Waals surface area contributed by atoms with E-state index in [4.69, 9.17) is 0 Å². The second-order valence-corrected chi connectivity index (χ2v) is 5.17. The van der Waals surface area contributed by atoms with Crippen molar-refractivity contribution in [3.05, 3.63) is 83.4 Å². The minimum absolute atomic E-state index is 0.0787. The normalized spacial score (nSPS) is 10.3. The van der Waals surface area contributed by atoms with Gasteiger partial charge in [0.2, 0.25) is 5.95 Å². The molecule has 5 heteroatoms. The molecule has 3 aromatic rings. The number of aryl methyl sites for hydroxylation is 1. The van der Waals surface area contributed by atoms with Crippen LogP contribution in [0.25, 0.3) is 0 Å². The smallest absolute Gasteiger partial charge is 0.222 e. The van der Waals surface area contributed by atoms with Crippen LogP contribution in [0.2, 0.25) is 0 Å². The number of pyridine rings is 1. The fraction of sp³-hybridized carbons (Fsp3) is 0.111. The largest absolute Gasteiger partial charge is 0.349 e. The molecule has 2 aromatic heterocycles. The quantitative estimate of drug-likeness (QED) is 0.734. The van der Waals surface area contributed by atoms with Crippen LogP contribution in [0.5, 0.6) is 0 Å². The van der Waals surface area contributed by atoms with Crippen LogP contribution >= 0.6 is 0 Å². The maximum absolute atomic E-state index is 12.4. The van der Waals surface area contributed by atoms with Crippen molar-refractivity contribution in [2.75, 3.05) is 5.32 Å². The highest BCUT2D eigenvalue weighted by atomic mass is 16.1. The van der Waals surface area contributed by atoms with E-state index in [0.717, 1.165) is 11.3 Å². The number of carbonyl (C=O) groups excluding carboxylic acids is 1. The summed E-state index contributed by atoms with van der Waals surface area (Å²) < 4.78 is 0. The van der Waals surface area contributed by atoms with E-state index in [2.05, 4.69) is 20.3 Å². The first-order valence-electron chi connectivity index (χ1n) is 7.29. The zero-order valence-electron chi connectivity index (χ0n) is 12.7. The lowest BCUT2D eigenvalue weighted by Gasteiger charge is -2.05. The molecule has 0 aliphatic rings. The van der Waals surface area contributed by atoms with E-state index in [0.29, 0.717) is 23.6 Å². The first-order chi connectivity index (χ1) is 11.2. The molecule has 1 aromatic carbocycles. The number of ketones is 1. The van der Waals surface area contributed by atoms with Gasteiger partial charge in [-0.3, -0.25) is 9.78 Å². The molecule has 23 heavy (non-hydrogen) atoms. The van der Waals surface area contributed by atoms with Crippen LogP contribution in [0, 0.1) is 6.92 Å². The van der Waals surface area contributed by atoms with Gasteiger partial charge >= 0.3 is 0 Å². The Kier molecular flexibility index (Phi) is 4.38. The van der Waals surface area contributed by atoms with E-state index in [1.807, 2.05) is 43.3 Å². The van der Waals surface area contributed by atoms with Crippen LogP contribution in [0.1, 0.15) is 27.2 Å². The molecule has 5 nitrogen and oxygen atoms in total. The van der Waals surface area contributed by atoms with Crippen LogP contribution in [0.3, 0.4) is 0 Å². The molecule has 1 N–H and O–H groups in total. The lowest BCUT2D eigenvalue weighted by molar-refractivity contribution is 0.103. The third-order valence-electron chi connectivity index (χ3n) is 3.35.